The zero-order valence-electron chi connectivity index (χ0n) is 13.1. The minimum atomic E-state index is 0.0157. The van der Waals surface area contributed by atoms with E-state index in [0.29, 0.717) is 18.4 Å². The number of benzene rings is 1. The van der Waals surface area contributed by atoms with Gasteiger partial charge in [-0.2, -0.15) is 0 Å². The predicted molar refractivity (Wildman–Crippen MR) is 89.7 cm³/mol. The number of aromatic nitrogens is 1. The van der Waals surface area contributed by atoms with Crippen molar-refractivity contribution in [1.82, 2.24) is 15.2 Å². The summed E-state index contributed by atoms with van der Waals surface area (Å²) in [5.74, 6) is 0.948. The van der Waals surface area contributed by atoms with E-state index < -0.39 is 0 Å². The molecule has 2 heterocycles. The molecule has 1 saturated carbocycles. The molecular weight excluding hydrogens is 288 g/mol. The molecule has 1 aromatic heterocycles. The normalized spacial score (nSPS) is 26.5. The minimum Gasteiger partial charge on any atom is -0.334 e. The number of hydrogen-bond donors (Lipinski definition) is 2. The van der Waals surface area contributed by atoms with Gasteiger partial charge < -0.3 is 16.0 Å². The highest BCUT2D eigenvalue weighted by Crippen LogP contribution is 2.35. The van der Waals surface area contributed by atoms with Crippen LogP contribution < -0.4 is 11.1 Å². The van der Waals surface area contributed by atoms with Crippen molar-refractivity contribution < 1.29 is 4.79 Å². The molecule has 120 valence electrons. The van der Waals surface area contributed by atoms with Crippen LogP contribution in [0.15, 0.2) is 36.5 Å². The van der Waals surface area contributed by atoms with Gasteiger partial charge in [0, 0.05) is 37.3 Å². The number of carbonyl (C=O) groups excluding carboxylic acids is 1. The molecule has 1 saturated heterocycles. The number of carbonyl (C=O) groups is 1. The minimum absolute atomic E-state index is 0.0157. The molecule has 2 aromatic rings. The van der Waals surface area contributed by atoms with Gasteiger partial charge in [0.05, 0.1) is 5.52 Å². The van der Waals surface area contributed by atoms with Gasteiger partial charge in [0.25, 0.3) is 0 Å². The SMILES string of the molecule is NC1[C@@H]2CC[C@H]1CN(C(=O)NCc1cnc3ccccc3c1)C2. The highest BCUT2D eigenvalue weighted by atomic mass is 16.2. The van der Waals surface area contributed by atoms with Crippen molar-refractivity contribution in [3.8, 4) is 0 Å². The van der Waals surface area contributed by atoms with Crippen LogP contribution in [0.25, 0.3) is 10.9 Å². The number of para-hydroxylation sites is 1. The molecule has 2 aliphatic rings. The maximum Gasteiger partial charge on any atom is 0.317 e. The first kappa shape index (κ1) is 14.5. The lowest BCUT2D eigenvalue weighted by atomic mass is 9.93. The van der Waals surface area contributed by atoms with E-state index in [1.54, 1.807) is 0 Å². The maximum absolute atomic E-state index is 12.4. The molecule has 1 aliphatic heterocycles. The third kappa shape index (κ3) is 2.77. The van der Waals surface area contributed by atoms with Crippen LogP contribution in [-0.2, 0) is 6.54 Å². The molecule has 1 aromatic carbocycles. The number of hydrogen-bond acceptors (Lipinski definition) is 3. The first-order chi connectivity index (χ1) is 11.2. The Hall–Kier alpha value is -2.14. The second-order valence-corrected chi connectivity index (χ2v) is 6.77. The number of fused-ring (bicyclic) bond motifs is 3. The lowest BCUT2D eigenvalue weighted by Crippen LogP contribution is -2.53. The quantitative estimate of drug-likeness (QED) is 0.892. The number of urea groups is 1. The van der Waals surface area contributed by atoms with Crippen molar-refractivity contribution in [2.24, 2.45) is 17.6 Å². The monoisotopic (exact) mass is 310 g/mol. The Kier molecular flexibility index (Phi) is 3.65. The van der Waals surface area contributed by atoms with Crippen molar-refractivity contribution in [3.05, 3.63) is 42.1 Å². The van der Waals surface area contributed by atoms with Crippen molar-refractivity contribution in [1.29, 1.82) is 0 Å². The second-order valence-electron chi connectivity index (χ2n) is 6.77. The van der Waals surface area contributed by atoms with Crippen LogP contribution >= 0.6 is 0 Å². The Morgan fingerprint density at radius 2 is 2.00 bits per heavy atom. The van der Waals surface area contributed by atoms with Gasteiger partial charge in [-0.15, -0.1) is 0 Å². The van der Waals surface area contributed by atoms with Crippen molar-refractivity contribution in [3.63, 3.8) is 0 Å². The number of nitrogens with one attached hydrogen (secondary N) is 1. The molecule has 0 spiro atoms. The van der Waals surface area contributed by atoms with Crippen LogP contribution in [0.4, 0.5) is 4.79 Å². The van der Waals surface area contributed by atoms with Gasteiger partial charge in [0.2, 0.25) is 0 Å². The predicted octanol–water partition coefficient (Wildman–Crippen LogP) is 2.11. The summed E-state index contributed by atoms with van der Waals surface area (Å²) in [6, 6.07) is 10.4. The lowest BCUT2D eigenvalue weighted by molar-refractivity contribution is 0.150. The average molecular weight is 310 g/mol. The molecule has 2 fully saturated rings. The Bertz CT molecular complexity index is 718. The standard InChI is InChI=1S/C18H22N4O/c19-17-14-5-6-15(17)11-22(10-14)18(23)21-9-12-7-13-3-1-2-4-16(13)20-8-12/h1-4,7-8,14-15,17H,5-6,9-11,19H2,(H,21,23)/t14-,15+,17?. The topological polar surface area (TPSA) is 71.2 Å². The number of nitrogens with zero attached hydrogens (tertiary/aromatic N) is 2. The van der Waals surface area contributed by atoms with E-state index >= 15 is 0 Å². The molecule has 0 radical (unpaired) electrons. The number of nitrogens with two attached hydrogens (primary N) is 1. The summed E-state index contributed by atoms with van der Waals surface area (Å²) < 4.78 is 0. The summed E-state index contributed by atoms with van der Waals surface area (Å²) >= 11 is 0. The van der Waals surface area contributed by atoms with E-state index in [0.717, 1.165) is 42.4 Å². The van der Waals surface area contributed by atoms with E-state index in [2.05, 4.69) is 16.4 Å². The average Bonchev–Trinajstić information content (AvgIpc) is 2.80. The van der Waals surface area contributed by atoms with Gasteiger partial charge in [0.1, 0.15) is 0 Å². The summed E-state index contributed by atoms with van der Waals surface area (Å²) in [6.45, 7) is 2.09. The third-order valence-electron chi connectivity index (χ3n) is 5.28. The fraction of sp³-hybridized carbons (Fsp3) is 0.444. The van der Waals surface area contributed by atoms with Crippen LogP contribution in [-0.4, -0.2) is 35.0 Å². The van der Waals surface area contributed by atoms with Crippen LogP contribution in [0.5, 0.6) is 0 Å². The Morgan fingerprint density at radius 1 is 1.26 bits per heavy atom. The van der Waals surface area contributed by atoms with E-state index in [-0.39, 0.29) is 12.1 Å². The summed E-state index contributed by atoms with van der Waals surface area (Å²) in [4.78, 5) is 18.8. The Morgan fingerprint density at radius 3 is 2.78 bits per heavy atom. The third-order valence-corrected chi connectivity index (χ3v) is 5.28. The zero-order chi connectivity index (χ0) is 15.8. The van der Waals surface area contributed by atoms with E-state index in [4.69, 9.17) is 5.73 Å². The van der Waals surface area contributed by atoms with E-state index in [9.17, 15) is 4.79 Å². The molecule has 2 bridgehead atoms. The molecular formula is C18H22N4O. The number of amides is 2. The molecule has 1 unspecified atom stereocenters. The first-order valence-corrected chi connectivity index (χ1v) is 8.33. The first-order valence-electron chi connectivity index (χ1n) is 8.33. The highest BCUT2D eigenvalue weighted by molar-refractivity contribution is 5.79. The van der Waals surface area contributed by atoms with Crippen LogP contribution in [0.3, 0.4) is 0 Å². The van der Waals surface area contributed by atoms with Gasteiger partial charge in [-0.3, -0.25) is 4.98 Å². The molecule has 5 heteroatoms. The smallest absolute Gasteiger partial charge is 0.317 e. The molecule has 3 atom stereocenters. The number of rotatable bonds is 2. The van der Waals surface area contributed by atoms with Gasteiger partial charge in [-0.25, -0.2) is 4.79 Å². The second kappa shape index (κ2) is 5.81. The zero-order valence-corrected chi connectivity index (χ0v) is 13.1. The van der Waals surface area contributed by atoms with Gasteiger partial charge in [-0.05, 0) is 42.4 Å². The lowest BCUT2D eigenvalue weighted by Gasteiger charge is -2.36. The fourth-order valence-electron chi connectivity index (χ4n) is 3.93. The molecule has 4 rings (SSSR count). The van der Waals surface area contributed by atoms with Crippen molar-refractivity contribution in [2.75, 3.05) is 13.1 Å². The number of piperidine rings is 1. The Labute approximate surface area is 135 Å². The highest BCUT2D eigenvalue weighted by Gasteiger charge is 2.41. The number of pyridine rings is 1. The summed E-state index contributed by atoms with van der Waals surface area (Å²) in [7, 11) is 0. The van der Waals surface area contributed by atoms with E-state index in [1.807, 2.05) is 35.4 Å². The summed E-state index contributed by atoms with van der Waals surface area (Å²) in [5.41, 5.74) is 8.20. The molecule has 3 N–H and O–H groups in total. The van der Waals surface area contributed by atoms with E-state index in [1.165, 1.54) is 0 Å². The van der Waals surface area contributed by atoms with Gasteiger partial charge >= 0.3 is 6.03 Å². The molecule has 5 nitrogen and oxygen atoms in total. The molecule has 23 heavy (non-hydrogen) atoms. The van der Waals surface area contributed by atoms with Crippen LogP contribution in [0.2, 0.25) is 0 Å². The summed E-state index contributed by atoms with van der Waals surface area (Å²) in [6.07, 6.45) is 4.15. The molecule has 1 aliphatic carbocycles. The fourth-order valence-corrected chi connectivity index (χ4v) is 3.93. The molecule has 2 amide bonds. The van der Waals surface area contributed by atoms with Crippen molar-refractivity contribution >= 4 is 16.9 Å². The van der Waals surface area contributed by atoms with Gasteiger partial charge in [0.15, 0.2) is 0 Å². The summed E-state index contributed by atoms with van der Waals surface area (Å²) in [5, 5.41) is 4.12. The van der Waals surface area contributed by atoms with Crippen LogP contribution in [0.1, 0.15) is 18.4 Å². The largest absolute Gasteiger partial charge is 0.334 e. The van der Waals surface area contributed by atoms with Crippen molar-refractivity contribution in [2.45, 2.75) is 25.4 Å². The maximum atomic E-state index is 12.4. The number of likely N-dealkylation sites (tertiary alicyclic amines) is 1. The Balaban J connectivity index is 1.39. The van der Waals surface area contributed by atoms with Gasteiger partial charge in [-0.1, -0.05) is 18.2 Å². The van der Waals surface area contributed by atoms with Crippen LogP contribution in [0, 0.1) is 11.8 Å².